The van der Waals surface area contributed by atoms with E-state index in [9.17, 15) is 24.3 Å². The van der Waals surface area contributed by atoms with Gasteiger partial charge in [0.15, 0.2) is 0 Å². The summed E-state index contributed by atoms with van der Waals surface area (Å²) in [5, 5.41) is 12.2. The standard InChI is InChI=1S/C24H31N3O7/c1-5-8-18(25-22(31)34-24(2,3)4)20(28)27-14-17(11-19(27)21(29)30)33-23(32)26-12-15-9-6-7-10-16(15)13-26/h5-7,9-10,17-19H,1,8,11-14H2,2-4H3,(H,25,31)(H,29,30)/t17-,18+,19?/m1/s1. The van der Waals surface area contributed by atoms with E-state index in [2.05, 4.69) is 11.9 Å². The van der Waals surface area contributed by atoms with Crippen molar-refractivity contribution in [2.75, 3.05) is 6.54 Å². The molecule has 3 rings (SSSR count). The van der Waals surface area contributed by atoms with Crippen molar-refractivity contribution < 1.29 is 33.8 Å². The Bertz CT molecular complexity index is 947. The molecule has 1 unspecified atom stereocenters. The van der Waals surface area contributed by atoms with E-state index in [0.29, 0.717) is 13.1 Å². The molecule has 0 aliphatic carbocycles. The first kappa shape index (κ1) is 25.1. The van der Waals surface area contributed by atoms with Gasteiger partial charge in [-0.3, -0.25) is 9.69 Å². The topological polar surface area (TPSA) is 125 Å². The monoisotopic (exact) mass is 473 g/mol. The van der Waals surface area contributed by atoms with Crippen molar-refractivity contribution in [2.24, 2.45) is 0 Å². The lowest BCUT2D eigenvalue weighted by Crippen LogP contribution is -2.52. The third kappa shape index (κ3) is 6.06. The van der Waals surface area contributed by atoms with Crippen molar-refractivity contribution in [1.29, 1.82) is 0 Å². The number of carbonyl (C=O) groups excluding carboxylic acids is 3. The van der Waals surface area contributed by atoms with Crippen molar-refractivity contribution in [1.82, 2.24) is 15.1 Å². The number of alkyl carbamates (subject to hydrolysis) is 1. The van der Waals surface area contributed by atoms with Gasteiger partial charge in [0, 0.05) is 19.5 Å². The summed E-state index contributed by atoms with van der Waals surface area (Å²) in [6.07, 6.45) is -0.649. The molecule has 0 bridgehead atoms. The summed E-state index contributed by atoms with van der Waals surface area (Å²) >= 11 is 0. The van der Waals surface area contributed by atoms with Crippen LogP contribution in [0.4, 0.5) is 9.59 Å². The third-order valence-electron chi connectivity index (χ3n) is 5.59. The molecule has 0 saturated carbocycles. The van der Waals surface area contributed by atoms with Crippen molar-refractivity contribution in [3.8, 4) is 0 Å². The van der Waals surface area contributed by atoms with Crippen molar-refractivity contribution >= 4 is 24.1 Å². The van der Waals surface area contributed by atoms with Crippen molar-refractivity contribution in [3.05, 3.63) is 48.0 Å². The second-order valence-corrected chi connectivity index (χ2v) is 9.43. The van der Waals surface area contributed by atoms with E-state index in [-0.39, 0.29) is 19.4 Å². The molecule has 2 aliphatic rings. The third-order valence-corrected chi connectivity index (χ3v) is 5.59. The van der Waals surface area contributed by atoms with Gasteiger partial charge in [-0.25, -0.2) is 14.4 Å². The summed E-state index contributed by atoms with van der Waals surface area (Å²) in [7, 11) is 0. The van der Waals surface area contributed by atoms with Crippen LogP contribution in [0.1, 0.15) is 44.7 Å². The zero-order valence-corrected chi connectivity index (χ0v) is 19.7. The molecule has 1 saturated heterocycles. The Hall–Kier alpha value is -3.56. The highest BCUT2D eigenvalue weighted by molar-refractivity contribution is 5.90. The number of carbonyl (C=O) groups is 4. The summed E-state index contributed by atoms with van der Waals surface area (Å²) in [6.45, 7) is 9.41. The lowest BCUT2D eigenvalue weighted by molar-refractivity contribution is -0.149. The van der Waals surface area contributed by atoms with Gasteiger partial charge in [0.25, 0.3) is 0 Å². The predicted octanol–water partition coefficient (Wildman–Crippen LogP) is 2.66. The first-order chi connectivity index (χ1) is 16.0. The Morgan fingerprint density at radius 3 is 2.35 bits per heavy atom. The maximum absolute atomic E-state index is 13.2. The molecule has 2 N–H and O–H groups in total. The van der Waals surface area contributed by atoms with Gasteiger partial charge in [-0.05, 0) is 38.3 Å². The number of nitrogens with one attached hydrogen (secondary N) is 1. The Labute approximate surface area is 198 Å². The minimum absolute atomic E-state index is 0.0408. The summed E-state index contributed by atoms with van der Waals surface area (Å²) in [5.41, 5.74) is 1.30. The number of hydrogen-bond donors (Lipinski definition) is 2. The molecule has 2 heterocycles. The molecule has 184 valence electrons. The van der Waals surface area contributed by atoms with Crippen LogP contribution in [-0.4, -0.2) is 69.3 Å². The molecule has 34 heavy (non-hydrogen) atoms. The second kappa shape index (κ2) is 10.1. The number of ether oxygens (including phenoxy) is 2. The minimum Gasteiger partial charge on any atom is -0.480 e. The number of rotatable bonds is 6. The van der Waals surface area contributed by atoms with E-state index < -0.39 is 47.9 Å². The van der Waals surface area contributed by atoms with Crippen molar-refractivity contribution in [2.45, 2.75) is 70.5 Å². The fourth-order valence-electron chi connectivity index (χ4n) is 4.08. The summed E-state index contributed by atoms with van der Waals surface area (Å²) in [4.78, 5) is 52.6. The maximum atomic E-state index is 13.2. The Balaban J connectivity index is 1.65. The fraction of sp³-hybridized carbons (Fsp3) is 0.500. The van der Waals surface area contributed by atoms with E-state index in [1.807, 2.05) is 24.3 Å². The largest absolute Gasteiger partial charge is 0.480 e. The van der Waals surface area contributed by atoms with Crippen LogP contribution in [0, 0.1) is 0 Å². The number of aliphatic carboxylic acids is 1. The highest BCUT2D eigenvalue weighted by Crippen LogP contribution is 2.26. The van der Waals surface area contributed by atoms with Gasteiger partial charge in [0.05, 0.1) is 6.54 Å². The molecule has 3 atom stereocenters. The van der Waals surface area contributed by atoms with Gasteiger partial charge in [0.1, 0.15) is 23.8 Å². The van der Waals surface area contributed by atoms with E-state index in [4.69, 9.17) is 9.47 Å². The van der Waals surface area contributed by atoms with Crippen LogP contribution in [0.2, 0.25) is 0 Å². The number of fused-ring (bicyclic) bond motifs is 1. The molecule has 0 radical (unpaired) electrons. The molecular formula is C24H31N3O7. The van der Waals surface area contributed by atoms with Crippen LogP contribution >= 0.6 is 0 Å². The van der Waals surface area contributed by atoms with Gasteiger partial charge in [-0.2, -0.15) is 0 Å². The van der Waals surface area contributed by atoms with E-state index in [1.54, 1.807) is 20.8 Å². The quantitative estimate of drug-likeness (QED) is 0.609. The number of carboxylic acid groups (broad SMARTS) is 1. The lowest BCUT2D eigenvalue weighted by Gasteiger charge is -2.28. The van der Waals surface area contributed by atoms with Crippen LogP contribution < -0.4 is 5.32 Å². The number of likely N-dealkylation sites (tertiary alicyclic amines) is 1. The van der Waals surface area contributed by atoms with Gasteiger partial charge in [-0.15, -0.1) is 6.58 Å². The summed E-state index contributed by atoms with van der Waals surface area (Å²) in [6, 6.07) is 5.44. The highest BCUT2D eigenvalue weighted by atomic mass is 16.6. The predicted molar refractivity (Wildman–Crippen MR) is 122 cm³/mol. The van der Waals surface area contributed by atoms with E-state index in [0.717, 1.165) is 16.0 Å². The number of benzene rings is 1. The molecule has 1 fully saturated rings. The van der Waals surface area contributed by atoms with Gasteiger partial charge >= 0.3 is 18.2 Å². The smallest absolute Gasteiger partial charge is 0.410 e. The van der Waals surface area contributed by atoms with Crippen LogP contribution in [0.15, 0.2) is 36.9 Å². The zero-order chi connectivity index (χ0) is 25.0. The number of amides is 3. The second-order valence-electron chi connectivity index (χ2n) is 9.43. The molecule has 0 spiro atoms. The first-order valence-electron chi connectivity index (χ1n) is 11.1. The number of carboxylic acids is 1. The molecule has 3 amide bonds. The van der Waals surface area contributed by atoms with Crippen molar-refractivity contribution in [3.63, 3.8) is 0 Å². The highest BCUT2D eigenvalue weighted by Gasteiger charge is 2.44. The molecule has 0 aromatic heterocycles. The molecule has 10 nitrogen and oxygen atoms in total. The molecule has 1 aromatic rings. The average molecular weight is 474 g/mol. The minimum atomic E-state index is -1.21. The summed E-state index contributed by atoms with van der Waals surface area (Å²) in [5.74, 6) is -1.82. The first-order valence-corrected chi connectivity index (χ1v) is 11.1. The summed E-state index contributed by atoms with van der Waals surface area (Å²) < 4.78 is 10.8. The molecule has 10 heteroatoms. The van der Waals surface area contributed by atoms with Crippen LogP contribution in [0.3, 0.4) is 0 Å². The number of hydrogen-bond acceptors (Lipinski definition) is 6. The zero-order valence-electron chi connectivity index (χ0n) is 19.7. The van der Waals surface area contributed by atoms with Gasteiger partial charge in [0.2, 0.25) is 5.91 Å². The lowest BCUT2D eigenvalue weighted by atomic mass is 10.1. The Morgan fingerprint density at radius 1 is 1.21 bits per heavy atom. The average Bonchev–Trinajstić information content (AvgIpc) is 3.36. The molecular weight excluding hydrogens is 442 g/mol. The Morgan fingerprint density at radius 2 is 1.82 bits per heavy atom. The van der Waals surface area contributed by atoms with Crippen LogP contribution in [0.25, 0.3) is 0 Å². The van der Waals surface area contributed by atoms with Gasteiger partial charge in [-0.1, -0.05) is 30.3 Å². The van der Waals surface area contributed by atoms with Crippen LogP contribution in [0.5, 0.6) is 0 Å². The van der Waals surface area contributed by atoms with Crippen LogP contribution in [-0.2, 0) is 32.2 Å². The van der Waals surface area contributed by atoms with E-state index >= 15 is 0 Å². The maximum Gasteiger partial charge on any atom is 0.410 e. The fourth-order valence-corrected chi connectivity index (χ4v) is 4.08. The van der Waals surface area contributed by atoms with Gasteiger partial charge < -0.3 is 24.8 Å². The molecule has 1 aromatic carbocycles. The molecule has 2 aliphatic heterocycles. The van der Waals surface area contributed by atoms with E-state index in [1.165, 1.54) is 11.0 Å². The normalized spacial score (nSPS) is 20.3. The SMILES string of the molecule is C=CC[C@H](NC(=O)OC(C)(C)C)C(=O)N1C[C@H](OC(=O)N2Cc3ccccc3C2)CC1C(=O)O. The Kier molecular flexibility index (Phi) is 7.48. The number of nitrogens with zero attached hydrogens (tertiary/aromatic N) is 2.